The lowest BCUT2D eigenvalue weighted by atomic mass is 9.79. The second-order valence-corrected chi connectivity index (χ2v) is 6.29. The van der Waals surface area contributed by atoms with E-state index >= 15 is 0 Å². The number of anilines is 1. The molecule has 2 bridgehead atoms. The van der Waals surface area contributed by atoms with Gasteiger partial charge in [0.1, 0.15) is 6.10 Å². The van der Waals surface area contributed by atoms with Crippen molar-refractivity contribution in [1.29, 1.82) is 0 Å². The summed E-state index contributed by atoms with van der Waals surface area (Å²) in [7, 11) is 0. The van der Waals surface area contributed by atoms with Crippen molar-refractivity contribution in [3.63, 3.8) is 0 Å². The maximum absolute atomic E-state index is 12.5. The van der Waals surface area contributed by atoms with E-state index in [1.54, 1.807) is 12.1 Å². The number of carboxylic acid groups (broad SMARTS) is 1. The van der Waals surface area contributed by atoms with Gasteiger partial charge in [0.2, 0.25) is 5.91 Å². The standard InChI is InChI=1S/C16H15NO5/c18-14(17-9-3-1-7(2-4-9)15(19)20)12-8-5-10-11(6-8)22-16(21)13(10)12/h1-4,8,10-13H,5-6H2,(H,17,18)(H,19,20)/t8-,10-,11+,12+,13-/m0/s1. The molecule has 1 heterocycles. The molecule has 0 unspecified atom stereocenters. The highest BCUT2D eigenvalue weighted by Crippen LogP contribution is 2.57. The largest absolute Gasteiger partial charge is 0.478 e. The minimum Gasteiger partial charge on any atom is -0.478 e. The van der Waals surface area contributed by atoms with Gasteiger partial charge in [-0.1, -0.05) is 0 Å². The first kappa shape index (κ1) is 13.3. The number of nitrogens with one attached hydrogen (secondary N) is 1. The lowest BCUT2D eigenvalue weighted by Crippen LogP contribution is -2.35. The Balaban J connectivity index is 1.51. The Morgan fingerprint density at radius 3 is 2.59 bits per heavy atom. The van der Waals surface area contributed by atoms with Gasteiger partial charge in [-0.25, -0.2) is 4.79 Å². The average Bonchev–Trinajstić information content (AvgIpc) is 3.09. The maximum atomic E-state index is 12.5. The Morgan fingerprint density at radius 2 is 1.91 bits per heavy atom. The highest BCUT2D eigenvalue weighted by Gasteiger charge is 2.63. The third kappa shape index (κ3) is 1.83. The summed E-state index contributed by atoms with van der Waals surface area (Å²) in [5.41, 5.74) is 0.709. The van der Waals surface area contributed by atoms with Crippen LogP contribution in [0, 0.1) is 23.7 Å². The number of rotatable bonds is 3. The number of carbonyl (C=O) groups excluding carboxylic acids is 2. The number of esters is 1. The van der Waals surface area contributed by atoms with Crippen molar-refractivity contribution in [3.8, 4) is 0 Å². The fourth-order valence-corrected chi connectivity index (χ4v) is 4.28. The van der Waals surface area contributed by atoms with E-state index in [9.17, 15) is 14.4 Å². The summed E-state index contributed by atoms with van der Waals surface area (Å²) in [6.45, 7) is 0. The molecule has 1 amide bonds. The molecule has 6 nitrogen and oxygen atoms in total. The van der Waals surface area contributed by atoms with E-state index in [4.69, 9.17) is 9.84 Å². The van der Waals surface area contributed by atoms with Gasteiger partial charge in [-0.3, -0.25) is 9.59 Å². The van der Waals surface area contributed by atoms with E-state index in [1.807, 2.05) is 0 Å². The van der Waals surface area contributed by atoms with Crippen LogP contribution < -0.4 is 5.32 Å². The number of fused-ring (bicyclic) bond motifs is 1. The van der Waals surface area contributed by atoms with Crippen molar-refractivity contribution in [1.82, 2.24) is 0 Å². The van der Waals surface area contributed by atoms with Gasteiger partial charge in [0, 0.05) is 11.6 Å². The molecule has 22 heavy (non-hydrogen) atoms. The molecule has 0 aromatic heterocycles. The van der Waals surface area contributed by atoms with E-state index in [1.165, 1.54) is 12.1 Å². The molecular formula is C16H15NO5. The zero-order chi connectivity index (χ0) is 15.4. The Labute approximate surface area is 126 Å². The number of aromatic carboxylic acids is 1. The molecule has 1 aliphatic heterocycles. The molecule has 4 rings (SSSR count). The van der Waals surface area contributed by atoms with Gasteiger partial charge in [0.05, 0.1) is 17.4 Å². The lowest BCUT2D eigenvalue weighted by Gasteiger charge is -2.23. The molecule has 0 spiro atoms. The molecule has 5 atom stereocenters. The summed E-state index contributed by atoms with van der Waals surface area (Å²) in [6, 6.07) is 6.01. The van der Waals surface area contributed by atoms with Crippen LogP contribution in [0.1, 0.15) is 23.2 Å². The summed E-state index contributed by atoms with van der Waals surface area (Å²) < 4.78 is 5.33. The van der Waals surface area contributed by atoms with Crippen LogP contribution in [0.5, 0.6) is 0 Å². The zero-order valence-electron chi connectivity index (χ0n) is 11.7. The molecule has 1 saturated heterocycles. The highest BCUT2D eigenvalue weighted by molar-refractivity contribution is 5.97. The Morgan fingerprint density at radius 1 is 1.18 bits per heavy atom. The smallest absolute Gasteiger partial charge is 0.335 e. The number of hydrogen-bond donors (Lipinski definition) is 2. The SMILES string of the molecule is O=C(O)c1ccc(NC(=O)[C@@H]2[C@H]3C[C@@H]4[C@@H]2C(=O)O[C@@H]4C3)cc1. The van der Waals surface area contributed by atoms with Crippen molar-refractivity contribution < 1.29 is 24.2 Å². The third-order valence-corrected chi connectivity index (χ3v) is 5.19. The highest BCUT2D eigenvalue weighted by atomic mass is 16.6. The summed E-state index contributed by atoms with van der Waals surface area (Å²) in [6.07, 6.45) is 1.68. The fraction of sp³-hybridized carbons (Fsp3) is 0.438. The van der Waals surface area contributed by atoms with Crippen molar-refractivity contribution in [2.75, 3.05) is 5.32 Å². The van der Waals surface area contributed by atoms with Crippen molar-refractivity contribution in [2.24, 2.45) is 23.7 Å². The van der Waals surface area contributed by atoms with Crippen LogP contribution in [-0.4, -0.2) is 29.1 Å². The number of carboxylic acids is 1. The number of ether oxygens (including phenoxy) is 1. The average molecular weight is 301 g/mol. The molecule has 3 aliphatic rings. The van der Waals surface area contributed by atoms with Gasteiger partial charge in [-0.2, -0.15) is 0 Å². The molecule has 0 radical (unpaired) electrons. The van der Waals surface area contributed by atoms with Crippen molar-refractivity contribution in [3.05, 3.63) is 29.8 Å². The van der Waals surface area contributed by atoms with Gasteiger partial charge in [-0.15, -0.1) is 0 Å². The van der Waals surface area contributed by atoms with Gasteiger partial charge < -0.3 is 15.2 Å². The first-order chi connectivity index (χ1) is 10.5. The minimum absolute atomic E-state index is 0.0152. The first-order valence-corrected chi connectivity index (χ1v) is 7.39. The molecule has 2 N–H and O–H groups in total. The van der Waals surface area contributed by atoms with Gasteiger partial charge in [0.15, 0.2) is 0 Å². The van der Waals surface area contributed by atoms with E-state index in [-0.39, 0.29) is 47.2 Å². The van der Waals surface area contributed by atoms with Crippen molar-refractivity contribution >= 4 is 23.5 Å². The van der Waals surface area contributed by atoms with E-state index in [0.29, 0.717) is 5.69 Å². The Bertz CT molecular complexity index is 666. The van der Waals surface area contributed by atoms with Crippen LogP contribution in [0.25, 0.3) is 0 Å². The molecule has 1 aromatic carbocycles. The van der Waals surface area contributed by atoms with Crippen LogP contribution in [0.15, 0.2) is 24.3 Å². The Kier molecular flexibility index (Phi) is 2.76. The summed E-state index contributed by atoms with van der Waals surface area (Å²) in [4.78, 5) is 35.2. The van der Waals surface area contributed by atoms with Crippen LogP contribution >= 0.6 is 0 Å². The van der Waals surface area contributed by atoms with E-state index in [0.717, 1.165) is 12.8 Å². The first-order valence-electron chi connectivity index (χ1n) is 7.39. The van der Waals surface area contributed by atoms with Gasteiger partial charge in [-0.05, 0) is 43.0 Å². The molecule has 114 valence electrons. The molecule has 1 aromatic rings. The van der Waals surface area contributed by atoms with E-state index < -0.39 is 5.97 Å². The second-order valence-electron chi connectivity index (χ2n) is 6.29. The van der Waals surface area contributed by atoms with Crippen LogP contribution in [0.4, 0.5) is 5.69 Å². The molecule has 6 heteroatoms. The predicted octanol–water partition coefficient (Wildman–Crippen LogP) is 1.52. The summed E-state index contributed by atoms with van der Waals surface area (Å²) in [5, 5.41) is 11.7. The normalized spacial score (nSPS) is 34.5. The fourth-order valence-electron chi connectivity index (χ4n) is 4.28. The minimum atomic E-state index is -1.01. The topological polar surface area (TPSA) is 92.7 Å². The van der Waals surface area contributed by atoms with Crippen LogP contribution in [-0.2, 0) is 14.3 Å². The molecule has 3 fully saturated rings. The Hall–Kier alpha value is -2.37. The quantitative estimate of drug-likeness (QED) is 0.826. The maximum Gasteiger partial charge on any atom is 0.335 e. The van der Waals surface area contributed by atoms with E-state index in [2.05, 4.69) is 5.32 Å². The molecular weight excluding hydrogens is 286 g/mol. The van der Waals surface area contributed by atoms with Gasteiger partial charge >= 0.3 is 11.9 Å². The predicted molar refractivity (Wildman–Crippen MR) is 75.1 cm³/mol. The van der Waals surface area contributed by atoms with Crippen LogP contribution in [0.2, 0.25) is 0 Å². The molecule has 2 saturated carbocycles. The van der Waals surface area contributed by atoms with Gasteiger partial charge in [0.25, 0.3) is 0 Å². The number of hydrogen-bond acceptors (Lipinski definition) is 4. The summed E-state index contributed by atoms with van der Waals surface area (Å²) in [5.74, 6) is -1.63. The summed E-state index contributed by atoms with van der Waals surface area (Å²) >= 11 is 0. The molecule has 2 aliphatic carbocycles. The number of amides is 1. The zero-order valence-corrected chi connectivity index (χ0v) is 11.7. The second kappa shape index (κ2) is 4.56. The number of carbonyl (C=O) groups is 3. The van der Waals surface area contributed by atoms with Crippen molar-refractivity contribution in [2.45, 2.75) is 18.9 Å². The lowest BCUT2D eigenvalue weighted by molar-refractivity contribution is -0.145. The number of benzene rings is 1. The third-order valence-electron chi connectivity index (χ3n) is 5.19. The monoisotopic (exact) mass is 301 g/mol. The van der Waals surface area contributed by atoms with Crippen LogP contribution in [0.3, 0.4) is 0 Å².